The van der Waals surface area contributed by atoms with Gasteiger partial charge < -0.3 is 9.30 Å². The van der Waals surface area contributed by atoms with Gasteiger partial charge in [-0.25, -0.2) is 4.98 Å². The Morgan fingerprint density at radius 3 is 2.67 bits per heavy atom. The molecular weight excluding hydrogens is 391 g/mol. The minimum Gasteiger partial charge on any atom is -0.406 e. The zero-order valence-corrected chi connectivity index (χ0v) is 14.0. The van der Waals surface area contributed by atoms with Gasteiger partial charge in [-0.2, -0.15) is 0 Å². The van der Waals surface area contributed by atoms with Crippen LogP contribution < -0.4 is 10.3 Å². The van der Waals surface area contributed by atoms with E-state index in [1.807, 2.05) is 0 Å². The normalized spacial score (nSPS) is 11.6. The lowest BCUT2D eigenvalue weighted by Crippen LogP contribution is -2.21. The van der Waals surface area contributed by atoms with Gasteiger partial charge in [0.05, 0.1) is 23.2 Å². The van der Waals surface area contributed by atoms with E-state index in [1.54, 1.807) is 0 Å². The van der Waals surface area contributed by atoms with Gasteiger partial charge in [-0.05, 0) is 23.8 Å². The Morgan fingerprint density at radius 2 is 2.00 bits per heavy atom. The molecule has 0 unspecified atom stereocenters. The summed E-state index contributed by atoms with van der Waals surface area (Å²) in [5.74, 6) is -0.430. The topological polar surface area (TPSA) is 87.3 Å². The maximum absolute atomic E-state index is 12.4. The summed E-state index contributed by atoms with van der Waals surface area (Å²) in [5.41, 5.74) is -0.328. The lowest BCUT2D eigenvalue weighted by atomic mass is 10.2. The molecule has 1 heterocycles. The first kappa shape index (κ1) is 18.6. The van der Waals surface area contributed by atoms with E-state index in [0.717, 1.165) is 24.4 Å². The van der Waals surface area contributed by atoms with Crippen molar-refractivity contribution < 1.29 is 22.8 Å². The Labute approximate surface area is 153 Å². The van der Waals surface area contributed by atoms with E-state index in [-0.39, 0.29) is 28.3 Å². The number of alkyl halides is 3. The lowest BCUT2D eigenvalue weighted by Gasteiger charge is -2.12. The van der Waals surface area contributed by atoms with Crippen molar-refractivity contribution in [1.82, 2.24) is 9.55 Å². The third-order valence-electron chi connectivity index (χ3n) is 3.60. The van der Waals surface area contributed by atoms with Crippen molar-refractivity contribution in [3.63, 3.8) is 0 Å². The molecule has 140 valence electrons. The molecule has 1 aromatic heterocycles. The zero-order chi connectivity index (χ0) is 19.8. The van der Waals surface area contributed by atoms with Crippen LogP contribution in [0.5, 0.6) is 5.75 Å². The Hall–Kier alpha value is -3.14. The number of rotatable bonds is 4. The number of hydrogen-bond donors (Lipinski definition) is 0. The van der Waals surface area contributed by atoms with E-state index >= 15 is 0 Å². The summed E-state index contributed by atoms with van der Waals surface area (Å²) < 4.78 is 42.2. The average molecular weight is 400 g/mol. The van der Waals surface area contributed by atoms with Crippen molar-refractivity contribution >= 4 is 28.3 Å². The first-order valence-corrected chi connectivity index (χ1v) is 7.70. The van der Waals surface area contributed by atoms with Crippen molar-refractivity contribution in [2.75, 3.05) is 0 Å². The minimum atomic E-state index is -4.84. The Balaban J connectivity index is 2.06. The van der Waals surface area contributed by atoms with E-state index < -0.39 is 22.6 Å². The van der Waals surface area contributed by atoms with E-state index in [2.05, 4.69) is 9.72 Å². The molecule has 0 aliphatic rings. The number of fused-ring (bicyclic) bond motifs is 1. The van der Waals surface area contributed by atoms with Gasteiger partial charge in [0.1, 0.15) is 16.3 Å². The first-order valence-electron chi connectivity index (χ1n) is 7.33. The third-order valence-corrected chi connectivity index (χ3v) is 3.98. The fourth-order valence-corrected chi connectivity index (χ4v) is 2.80. The number of hydrogen-bond acceptors (Lipinski definition) is 5. The van der Waals surface area contributed by atoms with Crippen LogP contribution in [0.3, 0.4) is 0 Å². The molecule has 0 saturated heterocycles. The maximum atomic E-state index is 12.4. The summed E-state index contributed by atoms with van der Waals surface area (Å²) in [6, 6.07) is 7.57. The fraction of sp³-hybridized carbons (Fsp3) is 0.125. The highest BCUT2D eigenvalue weighted by Gasteiger charge is 2.31. The van der Waals surface area contributed by atoms with Gasteiger partial charge in [0, 0.05) is 6.07 Å². The van der Waals surface area contributed by atoms with Crippen LogP contribution in [-0.4, -0.2) is 20.8 Å². The van der Waals surface area contributed by atoms with E-state index in [4.69, 9.17) is 11.6 Å². The van der Waals surface area contributed by atoms with Crippen molar-refractivity contribution in [3.05, 3.63) is 73.6 Å². The molecule has 0 bridgehead atoms. The molecule has 0 amide bonds. The summed E-state index contributed by atoms with van der Waals surface area (Å²) in [6.45, 7) is -0.110. The van der Waals surface area contributed by atoms with Gasteiger partial charge in [0.25, 0.3) is 11.2 Å². The van der Waals surface area contributed by atoms with E-state index in [0.29, 0.717) is 5.56 Å². The number of nitrogens with zero attached hydrogens (tertiary/aromatic N) is 3. The highest BCUT2D eigenvalue weighted by atomic mass is 35.5. The number of nitro benzene ring substituents is 1. The van der Waals surface area contributed by atoms with Crippen LogP contribution in [0.4, 0.5) is 18.9 Å². The SMILES string of the molecule is O=c1cnc2c(Cl)c([N+](=O)[O-])ccc2n1Cc1cccc(OC(F)(F)F)c1. The summed E-state index contributed by atoms with van der Waals surface area (Å²) in [5, 5.41) is 10.7. The lowest BCUT2D eigenvalue weighted by molar-refractivity contribution is -0.384. The van der Waals surface area contributed by atoms with Gasteiger partial charge in [-0.1, -0.05) is 23.7 Å². The third kappa shape index (κ3) is 4.00. The summed E-state index contributed by atoms with van der Waals surface area (Å²) in [4.78, 5) is 26.3. The molecule has 0 radical (unpaired) electrons. The van der Waals surface area contributed by atoms with Crippen LogP contribution in [-0.2, 0) is 6.54 Å². The van der Waals surface area contributed by atoms with Gasteiger partial charge in [0.2, 0.25) is 0 Å². The summed E-state index contributed by atoms with van der Waals surface area (Å²) in [6.07, 6.45) is -3.90. The van der Waals surface area contributed by atoms with Crippen LogP contribution in [0.15, 0.2) is 47.4 Å². The molecule has 11 heteroatoms. The molecule has 3 aromatic rings. The monoisotopic (exact) mass is 399 g/mol. The fourth-order valence-electron chi connectivity index (χ4n) is 2.52. The van der Waals surface area contributed by atoms with Crippen LogP contribution in [0.1, 0.15) is 5.56 Å². The van der Waals surface area contributed by atoms with Crippen LogP contribution in [0.2, 0.25) is 5.02 Å². The number of aromatic nitrogens is 2. The van der Waals surface area contributed by atoms with Gasteiger partial charge in [-0.15, -0.1) is 13.2 Å². The van der Waals surface area contributed by atoms with Crippen LogP contribution >= 0.6 is 11.6 Å². The molecular formula is C16H9ClF3N3O4. The van der Waals surface area contributed by atoms with Gasteiger partial charge in [-0.3, -0.25) is 14.9 Å². The van der Waals surface area contributed by atoms with E-state index in [1.165, 1.54) is 22.8 Å². The largest absolute Gasteiger partial charge is 0.573 e. The average Bonchev–Trinajstić information content (AvgIpc) is 2.56. The molecule has 0 N–H and O–H groups in total. The smallest absolute Gasteiger partial charge is 0.406 e. The second-order valence-electron chi connectivity index (χ2n) is 5.40. The molecule has 0 aliphatic heterocycles. The molecule has 27 heavy (non-hydrogen) atoms. The number of benzene rings is 2. The van der Waals surface area contributed by atoms with E-state index in [9.17, 15) is 28.1 Å². The van der Waals surface area contributed by atoms with Crippen LogP contribution in [0.25, 0.3) is 11.0 Å². The molecule has 0 spiro atoms. The van der Waals surface area contributed by atoms with Crippen molar-refractivity contribution in [2.45, 2.75) is 12.9 Å². The van der Waals surface area contributed by atoms with Gasteiger partial charge in [0.15, 0.2) is 0 Å². The molecule has 7 nitrogen and oxygen atoms in total. The highest BCUT2D eigenvalue weighted by molar-refractivity contribution is 6.37. The molecule has 2 aromatic carbocycles. The zero-order valence-electron chi connectivity index (χ0n) is 13.2. The number of nitro groups is 1. The second-order valence-corrected chi connectivity index (χ2v) is 5.78. The summed E-state index contributed by atoms with van der Waals surface area (Å²) >= 11 is 6.00. The maximum Gasteiger partial charge on any atom is 0.573 e. The number of halogens is 4. The Morgan fingerprint density at radius 1 is 1.26 bits per heavy atom. The highest BCUT2D eigenvalue weighted by Crippen LogP contribution is 2.31. The Kier molecular flexibility index (Phi) is 4.75. The predicted octanol–water partition coefficient (Wildman–Crippen LogP) is 3.91. The first-order chi connectivity index (χ1) is 12.7. The predicted molar refractivity (Wildman–Crippen MR) is 89.9 cm³/mol. The number of ether oxygens (including phenoxy) is 1. The molecule has 0 atom stereocenters. The van der Waals surface area contributed by atoms with Crippen molar-refractivity contribution in [2.24, 2.45) is 0 Å². The summed E-state index contributed by atoms with van der Waals surface area (Å²) in [7, 11) is 0. The second kappa shape index (κ2) is 6.88. The quantitative estimate of drug-likeness (QED) is 0.490. The van der Waals surface area contributed by atoms with Gasteiger partial charge >= 0.3 is 6.36 Å². The molecule has 0 fully saturated rings. The minimum absolute atomic E-state index is 0.0353. The molecule has 0 saturated carbocycles. The van der Waals surface area contributed by atoms with Crippen molar-refractivity contribution in [3.8, 4) is 5.75 Å². The molecule has 3 rings (SSSR count). The van der Waals surface area contributed by atoms with Crippen molar-refractivity contribution in [1.29, 1.82) is 0 Å². The van der Waals surface area contributed by atoms with Crippen LogP contribution in [0, 0.1) is 10.1 Å². The Bertz CT molecular complexity index is 1100. The standard InChI is InChI=1S/C16H9ClF3N3O4/c17-14-11(23(25)26)4-5-12-15(14)21-7-13(24)22(12)8-9-2-1-3-10(6-9)27-16(18,19)20/h1-7H,8H2. The molecule has 0 aliphatic carbocycles.